The number of para-hydroxylation sites is 1. The predicted molar refractivity (Wildman–Crippen MR) is 73.5 cm³/mol. The normalized spacial score (nSPS) is 10.6. The zero-order chi connectivity index (χ0) is 13.1. The van der Waals surface area contributed by atoms with Gasteiger partial charge in [0.2, 0.25) is 0 Å². The van der Waals surface area contributed by atoms with Gasteiger partial charge < -0.3 is 13.9 Å². The summed E-state index contributed by atoms with van der Waals surface area (Å²) in [6.07, 6.45) is 0. The van der Waals surface area contributed by atoms with Crippen LogP contribution in [0.4, 0.5) is 0 Å². The van der Waals surface area contributed by atoms with Gasteiger partial charge >= 0.3 is 0 Å². The number of benzene rings is 2. The molecule has 0 aliphatic rings. The third-order valence-electron chi connectivity index (χ3n) is 2.90. The number of furan rings is 1. The van der Waals surface area contributed by atoms with Gasteiger partial charge in [-0.05, 0) is 24.3 Å². The highest BCUT2D eigenvalue weighted by Crippen LogP contribution is 2.22. The van der Waals surface area contributed by atoms with Crippen molar-refractivity contribution in [1.82, 2.24) is 0 Å². The minimum Gasteiger partial charge on any atom is -0.497 e. The van der Waals surface area contributed by atoms with E-state index in [4.69, 9.17) is 13.9 Å². The lowest BCUT2D eigenvalue weighted by Gasteiger charge is -2.05. The molecule has 0 fully saturated rings. The molecule has 0 N–H and O–H groups in total. The van der Waals surface area contributed by atoms with Crippen molar-refractivity contribution in [1.29, 1.82) is 0 Å². The summed E-state index contributed by atoms with van der Waals surface area (Å²) in [5, 5.41) is 1.09. The van der Waals surface area contributed by atoms with E-state index in [0.29, 0.717) is 6.61 Å². The maximum atomic E-state index is 5.69. The lowest BCUT2D eigenvalue weighted by Crippen LogP contribution is -1.93. The molecule has 96 valence electrons. The summed E-state index contributed by atoms with van der Waals surface area (Å²) in [7, 11) is 1.64. The highest BCUT2D eigenvalue weighted by molar-refractivity contribution is 5.77. The number of ether oxygens (including phenoxy) is 2. The van der Waals surface area contributed by atoms with Gasteiger partial charge in [-0.1, -0.05) is 24.3 Å². The topological polar surface area (TPSA) is 31.6 Å². The molecule has 3 heteroatoms. The highest BCUT2D eigenvalue weighted by atomic mass is 16.5. The van der Waals surface area contributed by atoms with Crippen molar-refractivity contribution >= 4 is 11.0 Å². The van der Waals surface area contributed by atoms with Crippen molar-refractivity contribution in [2.45, 2.75) is 6.61 Å². The molecule has 1 aromatic heterocycles. The van der Waals surface area contributed by atoms with E-state index in [1.807, 2.05) is 54.6 Å². The van der Waals surface area contributed by atoms with E-state index in [1.165, 1.54) is 0 Å². The lowest BCUT2D eigenvalue weighted by atomic mass is 10.2. The van der Waals surface area contributed by atoms with Gasteiger partial charge in [0, 0.05) is 11.5 Å². The second-order valence-electron chi connectivity index (χ2n) is 4.22. The van der Waals surface area contributed by atoms with Gasteiger partial charge in [0.1, 0.15) is 29.4 Å². The predicted octanol–water partition coefficient (Wildman–Crippen LogP) is 4.02. The maximum Gasteiger partial charge on any atom is 0.146 e. The fraction of sp³-hybridized carbons (Fsp3) is 0.125. The summed E-state index contributed by atoms with van der Waals surface area (Å²) >= 11 is 0. The minimum atomic E-state index is 0.405. The van der Waals surface area contributed by atoms with E-state index in [1.54, 1.807) is 7.11 Å². The SMILES string of the molecule is COc1cccc(OCc2cc3ccccc3o2)c1. The van der Waals surface area contributed by atoms with Crippen molar-refractivity contribution in [3.05, 3.63) is 60.4 Å². The van der Waals surface area contributed by atoms with Crippen LogP contribution in [0, 0.1) is 0 Å². The van der Waals surface area contributed by atoms with E-state index in [9.17, 15) is 0 Å². The van der Waals surface area contributed by atoms with Crippen molar-refractivity contribution in [2.75, 3.05) is 7.11 Å². The number of methoxy groups -OCH3 is 1. The summed E-state index contributed by atoms with van der Waals surface area (Å²) < 4.78 is 16.5. The first kappa shape index (κ1) is 11.7. The Kier molecular flexibility index (Phi) is 3.11. The Morgan fingerprint density at radius 2 is 1.79 bits per heavy atom. The second kappa shape index (κ2) is 5.06. The highest BCUT2D eigenvalue weighted by Gasteiger charge is 2.04. The molecule has 0 atom stereocenters. The largest absolute Gasteiger partial charge is 0.497 e. The van der Waals surface area contributed by atoms with Crippen LogP contribution in [0.2, 0.25) is 0 Å². The fourth-order valence-electron chi connectivity index (χ4n) is 1.95. The standard InChI is InChI=1S/C16H14O3/c1-17-13-6-4-7-14(10-13)18-11-15-9-12-5-2-3-8-16(12)19-15/h2-10H,11H2,1H3. The first-order chi connectivity index (χ1) is 9.35. The van der Waals surface area contributed by atoms with Gasteiger partial charge in [-0.2, -0.15) is 0 Å². The Morgan fingerprint density at radius 1 is 0.947 bits per heavy atom. The van der Waals surface area contributed by atoms with E-state index in [0.717, 1.165) is 28.2 Å². The van der Waals surface area contributed by atoms with E-state index in [2.05, 4.69) is 0 Å². The number of hydrogen-bond acceptors (Lipinski definition) is 3. The smallest absolute Gasteiger partial charge is 0.146 e. The van der Waals surface area contributed by atoms with Crippen molar-refractivity contribution in [3.63, 3.8) is 0 Å². The van der Waals surface area contributed by atoms with Crippen LogP contribution in [-0.4, -0.2) is 7.11 Å². The zero-order valence-electron chi connectivity index (χ0n) is 10.6. The zero-order valence-corrected chi connectivity index (χ0v) is 10.6. The molecule has 0 unspecified atom stereocenters. The summed E-state index contributed by atoms with van der Waals surface area (Å²) in [6, 6.07) is 17.4. The summed E-state index contributed by atoms with van der Waals surface area (Å²) in [4.78, 5) is 0. The molecular weight excluding hydrogens is 240 g/mol. The molecule has 0 amide bonds. The number of fused-ring (bicyclic) bond motifs is 1. The molecule has 0 aliphatic carbocycles. The molecule has 0 spiro atoms. The molecule has 1 heterocycles. The third-order valence-corrected chi connectivity index (χ3v) is 2.90. The molecule has 3 nitrogen and oxygen atoms in total. The van der Waals surface area contributed by atoms with Crippen LogP contribution in [0.3, 0.4) is 0 Å². The molecule has 3 rings (SSSR count). The number of hydrogen-bond donors (Lipinski definition) is 0. The van der Waals surface area contributed by atoms with Crippen LogP contribution in [0.1, 0.15) is 5.76 Å². The van der Waals surface area contributed by atoms with E-state index >= 15 is 0 Å². The van der Waals surface area contributed by atoms with Crippen LogP contribution >= 0.6 is 0 Å². The lowest BCUT2D eigenvalue weighted by molar-refractivity contribution is 0.273. The Bertz CT molecular complexity index is 652. The van der Waals surface area contributed by atoms with E-state index < -0.39 is 0 Å². The van der Waals surface area contributed by atoms with Crippen LogP contribution in [0.25, 0.3) is 11.0 Å². The van der Waals surface area contributed by atoms with Crippen LogP contribution < -0.4 is 9.47 Å². The van der Waals surface area contributed by atoms with Crippen LogP contribution in [0.15, 0.2) is 59.0 Å². The Morgan fingerprint density at radius 3 is 2.63 bits per heavy atom. The van der Waals surface area contributed by atoms with Gasteiger partial charge in [0.15, 0.2) is 0 Å². The number of rotatable bonds is 4. The average molecular weight is 254 g/mol. The molecule has 0 aliphatic heterocycles. The van der Waals surface area contributed by atoms with Gasteiger partial charge in [-0.3, -0.25) is 0 Å². The molecular formula is C16H14O3. The van der Waals surface area contributed by atoms with Crippen molar-refractivity contribution in [3.8, 4) is 11.5 Å². The minimum absolute atomic E-state index is 0.405. The maximum absolute atomic E-state index is 5.69. The quantitative estimate of drug-likeness (QED) is 0.704. The average Bonchev–Trinajstić information content (AvgIpc) is 2.88. The molecule has 0 saturated heterocycles. The van der Waals surface area contributed by atoms with Gasteiger partial charge in [0.05, 0.1) is 7.11 Å². The molecule has 2 aromatic carbocycles. The van der Waals surface area contributed by atoms with Gasteiger partial charge in [-0.15, -0.1) is 0 Å². The monoisotopic (exact) mass is 254 g/mol. The molecule has 19 heavy (non-hydrogen) atoms. The first-order valence-electron chi connectivity index (χ1n) is 6.09. The molecule has 0 bridgehead atoms. The van der Waals surface area contributed by atoms with Crippen molar-refractivity contribution in [2.24, 2.45) is 0 Å². The Balaban J connectivity index is 1.74. The van der Waals surface area contributed by atoms with Crippen LogP contribution in [-0.2, 0) is 6.61 Å². The van der Waals surface area contributed by atoms with E-state index in [-0.39, 0.29) is 0 Å². The molecule has 0 radical (unpaired) electrons. The summed E-state index contributed by atoms with van der Waals surface area (Å²) in [5.74, 6) is 2.35. The van der Waals surface area contributed by atoms with Crippen molar-refractivity contribution < 1.29 is 13.9 Å². The summed E-state index contributed by atoms with van der Waals surface area (Å²) in [5.41, 5.74) is 0.881. The Labute approximate surface area is 111 Å². The second-order valence-corrected chi connectivity index (χ2v) is 4.22. The van der Waals surface area contributed by atoms with Crippen LogP contribution in [0.5, 0.6) is 11.5 Å². The van der Waals surface area contributed by atoms with Gasteiger partial charge in [-0.25, -0.2) is 0 Å². The molecule has 3 aromatic rings. The fourth-order valence-corrected chi connectivity index (χ4v) is 1.95. The molecule has 0 saturated carbocycles. The van der Waals surface area contributed by atoms with Gasteiger partial charge in [0.25, 0.3) is 0 Å². The first-order valence-corrected chi connectivity index (χ1v) is 6.09. The third kappa shape index (κ3) is 2.55. The summed E-state index contributed by atoms with van der Waals surface area (Å²) in [6.45, 7) is 0.405. The Hall–Kier alpha value is -2.42.